The van der Waals surface area contributed by atoms with Gasteiger partial charge in [-0.15, -0.1) is 11.3 Å². The lowest BCUT2D eigenvalue weighted by atomic mass is 10.3. The number of likely N-dealkylation sites (tertiary alicyclic amines) is 1. The minimum atomic E-state index is -0.816. The van der Waals surface area contributed by atoms with Crippen molar-refractivity contribution in [3.8, 4) is 0 Å². The second-order valence-corrected chi connectivity index (χ2v) is 6.27. The molecule has 1 saturated heterocycles. The van der Waals surface area contributed by atoms with Crippen LogP contribution in [0, 0.1) is 0 Å². The van der Waals surface area contributed by atoms with Crippen LogP contribution < -0.4 is 0 Å². The predicted molar refractivity (Wildman–Crippen MR) is 69.9 cm³/mol. The molecule has 0 unspecified atom stereocenters. The van der Waals surface area contributed by atoms with Crippen molar-refractivity contribution in [3.63, 3.8) is 0 Å². The molecule has 1 aliphatic rings. The second kappa shape index (κ2) is 6.37. The molecule has 1 aromatic heterocycles. The molecule has 6 heteroatoms. The highest BCUT2D eigenvalue weighted by Crippen LogP contribution is 2.23. The van der Waals surface area contributed by atoms with E-state index in [1.165, 1.54) is 25.9 Å². The summed E-state index contributed by atoms with van der Waals surface area (Å²) in [6, 6.07) is 0. The van der Waals surface area contributed by atoms with Crippen molar-refractivity contribution < 1.29 is 9.90 Å². The Hall–Kier alpha value is -0.590. The lowest BCUT2D eigenvalue weighted by Crippen LogP contribution is -2.21. The molecule has 1 N–H and O–H groups in total. The third kappa shape index (κ3) is 4.29. The number of aromatic nitrogens is 1. The average molecular weight is 272 g/mol. The third-order valence-corrected chi connectivity index (χ3v) is 4.74. The van der Waals surface area contributed by atoms with Crippen LogP contribution >= 0.6 is 23.1 Å². The van der Waals surface area contributed by atoms with Crippen molar-refractivity contribution in [1.29, 1.82) is 0 Å². The predicted octanol–water partition coefficient (Wildman–Crippen LogP) is 1.96. The summed E-state index contributed by atoms with van der Waals surface area (Å²) in [5.74, 6) is 0.226. The van der Waals surface area contributed by atoms with Crippen LogP contribution in [0.4, 0.5) is 0 Å². The molecule has 0 radical (unpaired) electrons. The highest BCUT2D eigenvalue weighted by molar-refractivity contribution is 8.01. The normalized spacial score (nSPS) is 16.5. The highest BCUT2D eigenvalue weighted by atomic mass is 32.2. The minimum absolute atomic E-state index is 0.0309. The Morgan fingerprint density at radius 2 is 2.29 bits per heavy atom. The van der Waals surface area contributed by atoms with Crippen LogP contribution in [-0.2, 0) is 11.2 Å². The lowest BCUT2D eigenvalue weighted by Gasteiger charge is -2.12. The van der Waals surface area contributed by atoms with Crippen LogP contribution in [0.3, 0.4) is 0 Å². The van der Waals surface area contributed by atoms with Gasteiger partial charge in [-0.05, 0) is 25.9 Å². The molecule has 1 aliphatic heterocycles. The third-order valence-electron chi connectivity index (χ3n) is 2.69. The van der Waals surface area contributed by atoms with Crippen LogP contribution in [0.15, 0.2) is 9.72 Å². The van der Waals surface area contributed by atoms with Crippen molar-refractivity contribution in [2.24, 2.45) is 0 Å². The fraction of sp³-hybridized carbons (Fsp3) is 0.636. The summed E-state index contributed by atoms with van der Waals surface area (Å²) in [6.07, 6.45) is 2.68. The van der Waals surface area contributed by atoms with Gasteiger partial charge in [0.25, 0.3) is 0 Å². The smallest absolute Gasteiger partial charge is 0.309 e. The molecule has 0 bridgehead atoms. The van der Waals surface area contributed by atoms with E-state index in [1.807, 2.05) is 5.38 Å². The van der Waals surface area contributed by atoms with E-state index in [4.69, 9.17) is 5.11 Å². The summed E-state index contributed by atoms with van der Waals surface area (Å²) in [5.41, 5.74) is 0.672. The van der Waals surface area contributed by atoms with Gasteiger partial charge in [-0.25, -0.2) is 4.98 Å². The second-order valence-electron chi connectivity index (χ2n) is 4.07. The molecule has 1 fully saturated rings. The number of carboxylic acid groups (broad SMARTS) is 1. The van der Waals surface area contributed by atoms with Gasteiger partial charge in [0.15, 0.2) is 0 Å². The fourth-order valence-corrected chi connectivity index (χ4v) is 3.77. The maximum Gasteiger partial charge on any atom is 0.309 e. The minimum Gasteiger partial charge on any atom is -0.481 e. The first-order valence-corrected chi connectivity index (χ1v) is 7.62. The summed E-state index contributed by atoms with van der Waals surface area (Å²) in [7, 11) is 0. The van der Waals surface area contributed by atoms with Crippen LogP contribution in [0.2, 0.25) is 0 Å². The van der Waals surface area contributed by atoms with Gasteiger partial charge in [0.1, 0.15) is 4.34 Å². The Morgan fingerprint density at radius 1 is 1.53 bits per heavy atom. The van der Waals surface area contributed by atoms with Gasteiger partial charge in [-0.1, -0.05) is 11.8 Å². The molecule has 0 spiro atoms. The van der Waals surface area contributed by atoms with Crippen molar-refractivity contribution in [2.75, 3.05) is 25.4 Å². The van der Waals surface area contributed by atoms with E-state index in [-0.39, 0.29) is 6.42 Å². The molecule has 17 heavy (non-hydrogen) atoms. The monoisotopic (exact) mass is 272 g/mol. The molecule has 2 rings (SSSR count). The molecule has 2 heterocycles. The topological polar surface area (TPSA) is 53.4 Å². The van der Waals surface area contributed by atoms with E-state index in [2.05, 4.69) is 9.88 Å². The zero-order chi connectivity index (χ0) is 12.1. The van der Waals surface area contributed by atoms with E-state index < -0.39 is 5.97 Å². The highest BCUT2D eigenvalue weighted by Gasteiger charge is 2.11. The average Bonchev–Trinajstić information content (AvgIpc) is 2.89. The van der Waals surface area contributed by atoms with Gasteiger partial charge in [-0.3, -0.25) is 4.79 Å². The van der Waals surface area contributed by atoms with E-state index in [0.717, 1.165) is 16.6 Å². The molecule has 94 valence electrons. The summed E-state index contributed by atoms with van der Waals surface area (Å²) in [6.45, 7) is 3.56. The molecule has 0 atom stereocenters. The zero-order valence-electron chi connectivity index (χ0n) is 9.59. The number of carboxylic acids is 1. The SMILES string of the molecule is O=C(O)Cc1csc(SCCN2CCCC2)n1. The number of thiazole rings is 1. The first kappa shape index (κ1) is 12.9. The largest absolute Gasteiger partial charge is 0.481 e. The number of rotatable bonds is 6. The molecular formula is C11H16N2O2S2. The summed E-state index contributed by atoms with van der Waals surface area (Å²) >= 11 is 3.27. The molecule has 0 saturated carbocycles. The number of carbonyl (C=O) groups is 1. The van der Waals surface area contributed by atoms with Crippen molar-refractivity contribution in [1.82, 2.24) is 9.88 Å². The first-order valence-electron chi connectivity index (χ1n) is 5.75. The quantitative estimate of drug-likeness (QED) is 0.802. The van der Waals surface area contributed by atoms with Gasteiger partial charge >= 0.3 is 5.97 Å². The number of hydrogen-bond donors (Lipinski definition) is 1. The van der Waals surface area contributed by atoms with E-state index in [9.17, 15) is 4.79 Å². The molecule has 1 aromatic rings. The van der Waals surface area contributed by atoms with E-state index >= 15 is 0 Å². The Bertz CT molecular complexity index is 375. The Labute approximate surface area is 109 Å². The van der Waals surface area contributed by atoms with E-state index in [0.29, 0.717) is 5.69 Å². The lowest BCUT2D eigenvalue weighted by molar-refractivity contribution is -0.136. The molecular weight excluding hydrogens is 256 g/mol. The Kier molecular flexibility index (Phi) is 4.82. The number of aliphatic carboxylic acids is 1. The molecule has 0 amide bonds. The van der Waals surface area contributed by atoms with Gasteiger partial charge in [0, 0.05) is 17.7 Å². The van der Waals surface area contributed by atoms with E-state index in [1.54, 1.807) is 23.1 Å². The van der Waals surface area contributed by atoms with Crippen molar-refractivity contribution in [2.45, 2.75) is 23.6 Å². The van der Waals surface area contributed by atoms with Crippen LogP contribution in [0.5, 0.6) is 0 Å². The fourth-order valence-electron chi connectivity index (χ4n) is 1.86. The van der Waals surface area contributed by atoms with Crippen molar-refractivity contribution >= 4 is 29.1 Å². The van der Waals surface area contributed by atoms with Crippen LogP contribution in [-0.4, -0.2) is 46.3 Å². The first-order chi connectivity index (χ1) is 8.24. The summed E-state index contributed by atoms with van der Waals surface area (Å²) in [5, 5.41) is 10.5. The van der Waals surface area contributed by atoms with Crippen LogP contribution in [0.1, 0.15) is 18.5 Å². The maximum atomic E-state index is 10.5. The van der Waals surface area contributed by atoms with Gasteiger partial charge in [-0.2, -0.15) is 0 Å². The molecule has 0 aromatic carbocycles. The standard InChI is InChI=1S/C11H16N2O2S2/c14-10(15)7-9-8-17-11(12-9)16-6-5-13-3-1-2-4-13/h8H,1-7H2,(H,14,15). The number of thioether (sulfide) groups is 1. The number of nitrogens with zero attached hydrogens (tertiary/aromatic N) is 2. The van der Waals surface area contributed by atoms with Gasteiger partial charge < -0.3 is 10.0 Å². The molecule has 4 nitrogen and oxygen atoms in total. The zero-order valence-corrected chi connectivity index (χ0v) is 11.2. The summed E-state index contributed by atoms with van der Waals surface area (Å²) in [4.78, 5) is 17.3. The van der Waals surface area contributed by atoms with Gasteiger partial charge in [0.2, 0.25) is 0 Å². The van der Waals surface area contributed by atoms with Crippen LogP contribution in [0.25, 0.3) is 0 Å². The van der Waals surface area contributed by atoms with Crippen molar-refractivity contribution in [3.05, 3.63) is 11.1 Å². The molecule has 0 aliphatic carbocycles. The Balaban J connectivity index is 1.71. The number of hydrogen-bond acceptors (Lipinski definition) is 5. The summed E-state index contributed by atoms with van der Waals surface area (Å²) < 4.78 is 0.987. The maximum absolute atomic E-state index is 10.5. The van der Waals surface area contributed by atoms with Gasteiger partial charge in [0.05, 0.1) is 12.1 Å². The Morgan fingerprint density at radius 3 is 3.00 bits per heavy atom.